The van der Waals surface area contributed by atoms with Crippen LogP contribution in [0, 0.1) is 12.3 Å². The van der Waals surface area contributed by atoms with Gasteiger partial charge in [-0.05, 0) is 38.0 Å². The minimum Gasteiger partial charge on any atom is -0.480 e. The molecule has 1 aromatic rings. The van der Waals surface area contributed by atoms with Crippen LogP contribution in [0.25, 0.3) is 0 Å². The second-order valence-corrected chi connectivity index (χ2v) is 7.95. The SMILES string of the molecule is CCCn1ncc(CN2CC3(CCN(C(C)=O)CC3)C[C@H]2C(=O)O)c1C. The third-order valence-electron chi connectivity index (χ3n) is 6.17. The molecule has 0 aliphatic carbocycles. The maximum absolute atomic E-state index is 11.9. The molecule has 0 saturated carbocycles. The van der Waals surface area contributed by atoms with Gasteiger partial charge in [0.25, 0.3) is 0 Å². The monoisotopic (exact) mass is 362 g/mol. The van der Waals surface area contributed by atoms with Crippen molar-refractivity contribution in [3.05, 3.63) is 17.5 Å². The van der Waals surface area contributed by atoms with Crippen molar-refractivity contribution in [1.82, 2.24) is 19.6 Å². The number of piperidine rings is 1. The van der Waals surface area contributed by atoms with Gasteiger partial charge in [-0.15, -0.1) is 0 Å². The molecule has 0 unspecified atom stereocenters. The fourth-order valence-corrected chi connectivity index (χ4v) is 4.51. The molecule has 3 heterocycles. The number of carbonyl (C=O) groups excluding carboxylic acids is 1. The molecule has 2 saturated heterocycles. The highest BCUT2D eigenvalue weighted by Gasteiger charge is 2.48. The number of nitrogens with zero attached hydrogens (tertiary/aromatic N) is 4. The Labute approximate surface area is 155 Å². The molecule has 0 aromatic carbocycles. The molecule has 7 heteroatoms. The van der Waals surface area contributed by atoms with Crippen LogP contribution in [0.3, 0.4) is 0 Å². The Morgan fingerprint density at radius 3 is 2.62 bits per heavy atom. The molecule has 1 spiro atoms. The first-order chi connectivity index (χ1) is 12.3. The smallest absolute Gasteiger partial charge is 0.320 e. The van der Waals surface area contributed by atoms with Crippen molar-refractivity contribution < 1.29 is 14.7 Å². The molecular weight excluding hydrogens is 332 g/mol. The molecule has 0 radical (unpaired) electrons. The standard InChI is InChI=1S/C19H30N4O3/c1-4-7-23-14(2)16(11-20-23)12-22-13-19(10-17(22)18(25)26)5-8-21(9-6-19)15(3)24/h11,17H,4-10,12-13H2,1-3H3,(H,25,26)/t17-/m0/s1. The van der Waals surface area contributed by atoms with Crippen LogP contribution >= 0.6 is 0 Å². The summed E-state index contributed by atoms with van der Waals surface area (Å²) in [6.45, 7) is 9.57. The van der Waals surface area contributed by atoms with E-state index in [4.69, 9.17) is 0 Å². The zero-order valence-corrected chi connectivity index (χ0v) is 16.1. The molecule has 26 heavy (non-hydrogen) atoms. The van der Waals surface area contributed by atoms with E-state index in [1.807, 2.05) is 15.8 Å². The van der Waals surface area contributed by atoms with Crippen LogP contribution in [0.2, 0.25) is 0 Å². The second-order valence-electron chi connectivity index (χ2n) is 7.95. The molecule has 1 aromatic heterocycles. The normalized spacial score (nSPS) is 22.9. The van der Waals surface area contributed by atoms with Crippen LogP contribution in [0.1, 0.15) is 50.8 Å². The van der Waals surface area contributed by atoms with Crippen molar-refractivity contribution in [2.45, 2.75) is 65.6 Å². The Balaban J connectivity index is 1.73. The number of carboxylic acids is 1. The van der Waals surface area contributed by atoms with Gasteiger partial charge in [-0.3, -0.25) is 19.2 Å². The summed E-state index contributed by atoms with van der Waals surface area (Å²) in [6.07, 6.45) is 5.37. The zero-order valence-electron chi connectivity index (χ0n) is 16.1. The lowest BCUT2D eigenvalue weighted by Crippen LogP contribution is -2.43. The molecule has 3 rings (SSSR count). The molecule has 2 fully saturated rings. The summed E-state index contributed by atoms with van der Waals surface area (Å²) < 4.78 is 2.00. The molecule has 2 aliphatic heterocycles. The van der Waals surface area contributed by atoms with Gasteiger partial charge in [-0.25, -0.2) is 0 Å². The summed E-state index contributed by atoms with van der Waals surface area (Å²) in [4.78, 5) is 27.4. The van der Waals surface area contributed by atoms with Crippen molar-refractivity contribution >= 4 is 11.9 Å². The predicted molar refractivity (Wildman–Crippen MR) is 97.6 cm³/mol. The third-order valence-corrected chi connectivity index (χ3v) is 6.17. The minimum absolute atomic E-state index is 0.0162. The average Bonchev–Trinajstić information content (AvgIpc) is 3.11. The highest BCUT2D eigenvalue weighted by molar-refractivity contribution is 5.74. The van der Waals surface area contributed by atoms with E-state index in [0.717, 1.165) is 56.7 Å². The number of aliphatic carboxylic acids is 1. The van der Waals surface area contributed by atoms with E-state index < -0.39 is 12.0 Å². The van der Waals surface area contributed by atoms with Crippen LogP contribution in [0.5, 0.6) is 0 Å². The van der Waals surface area contributed by atoms with Gasteiger partial charge in [0.05, 0.1) is 6.20 Å². The van der Waals surface area contributed by atoms with Gasteiger partial charge in [-0.1, -0.05) is 6.92 Å². The van der Waals surface area contributed by atoms with Crippen molar-refractivity contribution in [2.75, 3.05) is 19.6 Å². The highest BCUT2D eigenvalue weighted by Crippen LogP contribution is 2.44. The lowest BCUT2D eigenvalue weighted by atomic mass is 9.76. The zero-order chi connectivity index (χ0) is 18.9. The first-order valence-corrected chi connectivity index (χ1v) is 9.59. The quantitative estimate of drug-likeness (QED) is 0.865. The van der Waals surface area contributed by atoms with Crippen LogP contribution in [0.4, 0.5) is 0 Å². The number of likely N-dealkylation sites (tertiary alicyclic amines) is 2. The Bertz CT molecular complexity index is 676. The molecule has 2 aliphatic rings. The number of carbonyl (C=O) groups is 2. The lowest BCUT2D eigenvalue weighted by Gasteiger charge is -2.39. The molecule has 1 N–H and O–H groups in total. The van der Waals surface area contributed by atoms with Crippen molar-refractivity contribution in [2.24, 2.45) is 5.41 Å². The summed E-state index contributed by atoms with van der Waals surface area (Å²) in [5.41, 5.74) is 2.26. The van der Waals surface area contributed by atoms with Gasteiger partial charge in [0.2, 0.25) is 5.91 Å². The second kappa shape index (κ2) is 7.39. The van der Waals surface area contributed by atoms with Crippen molar-refractivity contribution in [3.8, 4) is 0 Å². The number of carboxylic acid groups (broad SMARTS) is 1. The number of hydrogen-bond donors (Lipinski definition) is 1. The van der Waals surface area contributed by atoms with Crippen LogP contribution < -0.4 is 0 Å². The summed E-state index contributed by atoms with van der Waals surface area (Å²) in [7, 11) is 0. The summed E-state index contributed by atoms with van der Waals surface area (Å²) >= 11 is 0. The van der Waals surface area contributed by atoms with Crippen LogP contribution in [-0.2, 0) is 22.7 Å². The molecule has 0 bridgehead atoms. The van der Waals surface area contributed by atoms with Gasteiger partial charge < -0.3 is 10.0 Å². The van der Waals surface area contributed by atoms with E-state index >= 15 is 0 Å². The first-order valence-electron chi connectivity index (χ1n) is 9.59. The minimum atomic E-state index is -0.741. The predicted octanol–water partition coefficient (Wildman–Crippen LogP) is 1.89. The summed E-state index contributed by atoms with van der Waals surface area (Å²) in [6, 6.07) is -0.451. The van der Waals surface area contributed by atoms with E-state index in [1.54, 1.807) is 6.92 Å². The van der Waals surface area contributed by atoms with Gasteiger partial charge in [0.1, 0.15) is 6.04 Å². The lowest BCUT2D eigenvalue weighted by molar-refractivity contribution is -0.142. The van der Waals surface area contributed by atoms with Crippen LogP contribution in [0.15, 0.2) is 6.20 Å². The largest absolute Gasteiger partial charge is 0.480 e. The molecule has 1 amide bonds. The third kappa shape index (κ3) is 3.63. The first kappa shape index (κ1) is 18.9. The summed E-state index contributed by atoms with van der Waals surface area (Å²) in [5.74, 6) is -0.627. The van der Waals surface area contributed by atoms with Gasteiger partial charge in [0, 0.05) is 50.9 Å². The Kier molecular flexibility index (Phi) is 5.37. The average molecular weight is 362 g/mol. The van der Waals surface area contributed by atoms with Gasteiger partial charge in [-0.2, -0.15) is 5.10 Å². The molecule has 1 atom stereocenters. The number of aromatic nitrogens is 2. The Hall–Kier alpha value is -1.89. The number of rotatable bonds is 5. The van der Waals surface area contributed by atoms with E-state index in [-0.39, 0.29) is 11.3 Å². The highest BCUT2D eigenvalue weighted by atomic mass is 16.4. The fourth-order valence-electron chi connectivity index (χ4n) is 4.51. The van der Waals surface area contributed by atoms with Gasteiger partial charge in [0.15, 0.2) is 0 Å². The fraction of sp³-hybridized carbons (Fsp3) is 0.737. The van der Waals surface area contributed by atoms with E-state index in [9.17, 15) is 14.7 Å². The Morgan fingerprint density at radius 2 is 2.04 bits per heavy atom. The van der Waals surface area contributed by atoms with E-state index in [1.165, 1.54) is 0 Å². The topological polar surface area (TPSA) is 78.7 Å². The van der Waals surface area contributed by atoms with E-state index in [0.29, 0.717) is 13.0 Å². The van der Waals surface area contributed by atoms with E-state index in [2.05, 4.69) is 23.8 Å². The maximum Gasteiger partial charge on any atom is 0.320 e. The molecule has 144 valence electrons. The van der Waals surface area contributed by atoms with Crippen LogP contribution in [-0.4, -0.2) is 62.2 Å². The van der Waals surface area contributed by atoms with Gasteiger partial charge >= 0.3 is 5.97 Å². The Morgan fingerprint density at radius 1 is 1.35 bits per heavy atom. The van der Waals surface area contributed by atoms with Crippen molar-refractivity contribution in [1.29, 1.82) is 0 Å². The number of aryl methyl sites for hydroxylation is 1. The number of amides is 1. The number of hydrogen-bond acceptors (Lipinski definition) is 4. The van der Waals surface area contributed by atoms with Crippen molar-refractivity contribution in [3.63, 3.8) is 0 Å². The molecule has 7 nitrogen and oxygen atoms in total. The summed E-state index contributed by atoms with van der Waals surface area (Å²) in [5, 5.41) is 14.2. The molecular formula is C19H30N4O3. The maximum atomic E-state index is 11.9.